The number of benzene rings is 1. The lowest BCUT2D eigenvalue weighted by molar-refractivity contribution is -0.0186. The smallest absolute Gasteiger partial charge is 0.424 e. The molecule has 1 heterocycles. The molecular formula is C14H20N2O2. The molecule has 0 N–H and O–H groups in total. The maximum Gasteiger partial charge on any atom is 0.424 e. The molecule has 0 spiro atoms. The van der Waals surface area contributed by atoms with E-state index in [2.05, 4.69) is 5.01 Å². The van der Waals surface area contributed by atoms with Gasteiger partial charge in [0.2, 0.25) is 0 Å². The lowest BCUT2D eigenvalue weighted by atomic mass is 10.2. The molecule has 18 heavy (non-hydrogen) atoms. The van der Waals surface area contributed by atoms with E-state index in [-0.39, 0.29) is 6.09 Å². The van der Waals surface area contributed by atoms with Gasteiger partial charge in [-0.2, -0.15) is 0 Å². The van der Waals surface area contributed by atoms with Crippen molar-refractivity contribution in [3.63, 3.8) is 0 Å². The van der Waals surface area contributed by atoms with Gasteiger partial charge >= 0.3 is 6.09 Å². The SMILES string of the molecule is CN(C(=O)OCc1ccccc1)N1CCCCC1. The third-order valence-corrected chi connectivity index (χ3v) is 3.23. The first kappa shape index (κ1) is 12.9. The van der Waals surface area contributed by atoms with Crippen molar-refractivity contribution in [1.29, 1.82) is 0 Å². The minimum atomic E-state index is -0.277. The molecule has 1 saturated heterocycles. The van der Waals surface area contributed by atoms with Gasteiger partial charge in [0.1, 0.15) is 6.61 Å². The van der Waals surface area contributed by atoms with Crippen molar-refractivity contribution in [3.8, 4) is 0 Å². The quantitative estimate of drug-likeness (QED) is 0.824. The maximum absolute atomic E-state index is 11.9. The molecule has 0 aromatic heterocycles. The molecule has 1 fully saturated rings. The van der Waals surface area contributed by atoms with Gasteiger partial charge in [-0.05, 0) is 18.4 Å². The number of rotatable bonds is 3. The normalized spacial score (nSPS) is 16.3. The van der Waals surface area contributed by atoms with Gasteiger partial charge in [0.05, 0.1) is 0 Å². The molecule has 0 unspecified atom stereocenters. The minimum absolute atomic E-state index is 0.277. The molecule has 1 aliphatic rings. The highest BCUT2D eigenvalue weighted by atomic mass is 16.6. The molecule has 1 amide bonds. The Bertz CT molecular complexity index is 375. The number of amides is 1. The van der Waals surface area contributed by atoms with Crippen molar-refractivity contribution in [2.24, 2.45) is 0 Å². The van der Waals surface area contributed by atoms with Crippen molar-refractivity contribution in [2.45, 2.75) is 25.9 Å². The molecule has 0 atom stereocenters. The van der Waals surface area contributed by atoms with Gasteiger partial charge in [-0.3, -0.25) is 0 Å². The molecule has 4 nitrogen and oxygen atoms in total. The summed E-state index contributed by atoms with van der Waals surface area (Å²) in [5.41, 5.74) is 1.01. The van der Waals surface area contributed by atoms with Crippen LogP contribution in [0.2, 0.25) is 0 Å². The highest BCUT2D eigenvalue weighted by Crippen LogP contribution is 2.11. The van der Waals surface area contributed by atoms with E-state index in [1.807, 2.05) is 30.3 Å². The van der Waals surface area contributed by atoms with Gasteiger partial charge in [0.15, 0.2) is 0 Å². The number of piperidine rings is 1. The molecule has 0 radical (unpaired) electrons. The van der Waals surface area contributed by atoms with Gasteiger partial charge in [-0.25, -0.2) is 14.8 Å². The van der Waals surface area contributed by atoms with Gasteiger partial charge in [0, 0.05) is 20.1 Å². The Morgan fingerprint density at radius 3 is 2.56 bits per heavy atom. The van der Waals surface area contributed by atoms with Crippen LogP contribution in [0.4, 0.5) is 4.79 Å². The number of nitrogens with zero attached hydrogens (tertiary/aromatic N) is 2. The van der Waals surface area contributed by atoms with E-state index in [4.69, 9.17) is 4.74 Å². The molecular weight excluding hydrogens is 228 g/mol. The fourth-order valence-corrected chi connectivity index (χ4v) is 2.11. The number of ether oxygens (including phenoxy) is 1. The van der Waals surface area contributed by atoms with Gasteiger partial charge < -0.3 is 4.74 Å². The van der Waals surface area contributed by atoms with Crippen LogP contribution in [-0.4, -0.2) is 36.2 Å². The number of carbonyl (C=O) groups excluding carboxylic acids is 1. The molecule has 2 rings (SSSR count). The molecule has 1 aromatic carbocycles. The largest absolute Gasteiger partial charge is 0.444 e. The average molecular weight is 248 g/mol. The molecule has 98 valence electrons. The Balaban J connectivity index is 1.80. The van der Waals surface area contributed by atoms with Gasteiger partial charge in [0.25, 0.3) is 0 Å². The van der Waals surface area contributed by atoms with Crippen molar-refractivity contribution in [3.05, 3.63) is 35.9 Å². The van der Waals surface area contributed by atoms with Crippen molar-refractivity contribution in [2.75, 3.05) is 20.1 Å². The lowest BCUT2D eigenvalue weighted by Gasteiger charge is -2.33. The summed E-state index contributed by atoms with van der Waals surface area (Å²) in [5, 5.41) is 3.65. The van der Waals surface area contributed by atoms with Crippen LogP contribution in [-0.2, 0) is 11.3 Å². The Morgan fingerprint density at radius 1 is 1.22 bits per heavy atom. The maximum atomic E-state index is 11.9. The van der Waals surface area contributed by atoms with Crippen LogP contribution in [0.15, 0.2) is 30.3 Å². The summed E-state index contributed by atoms with van der Waals surface area (Å²) in [6, 6.07) is 9.74. The standard InChI is InChI=1S/C14H20N2O2/c1-15(16-10-6-3-7-11-16)14(17)18-12-13-8-4-2-5-9-13/h2,4-5,8-9H,3,6-7,10-12H2,1H3. The van der Waals surface area contributed by atoms with Gasteiger partial charge in [-0.15, -0.1) is 0 Å². The van der Waals surface area contributed by atoms with Crippen LogP contribution >= 0.6 is 0 Å². The summed E-state index contributed by atoms with van der Waals surface area (Å²) >= 11 is 0. The predicted molar refractivity (Wildman–Crippen MR) is 69.8 cm³/mol. The van der Waals surface area contributed by atoms with E-state index in [0.29, 0.717) is 6.61 Å². The fourth-order valence-electron chi connectivity index (χ4n) is 2.11. The zero-order valence-electron chi connectivity index (χ0n) is 10.8. The first-order valence-corrected chi connectivity index (χ1v) is 6.46. The summed E-state index contributed by atoms with van der Waals surface area (Å²) in [6.45, 7) is 2.21. The van der Waals surface area contributed by atoms with Crippen molar-refractivity contribution < 1.29 is 9.53 Å². The van der Waals surface area contributed by atoms with E-state index in [9.17, 15) is 4.79 Å². The van der Waals surface area contributed by atoms with Crippen LogP contribution in [0.1, 0.15) is 24.8 Å². The molecule has 0 aliphatic carbocycles. The van der Waals surface area contributed by atoms with Crippen molar-refractivity contribution >= 4 is 6.09 Å². The Kier molecular flexibility index (Phi) is 4.59. The van der Waals surface area contributed by atoms with Crippen LogP contribution in [0.5, 0.6) is 0 Å². The second-order valence-electron chi connectivity index (χ2n) is 4.58. The van der Waals surface area contributed by atoms with E-state index in [1.165, 1.54) is 6.42 Å². The fraction of sp³-hybridized carbons (Fsp3) is 0.500. The zero-order valence-corrected chi connectivity index (χ0v) is 10.8. The monoisotopic (exact) mass is 248 g/mol. The lowest BCUT2D eigenvalue weighted by Crippen LogP contribution is -2.46. The van der Waals surface area contributed by atoms with Gasteiger partial charge in [-0.1, -0.05) is 36.8 Å². The number of hydrogen-bond donors (Lipinski definition) is 0. The van der Waals surface area contributed by atoms with E-state index >= 15 is 0 Å². The van der Waals surface area contributed by atoms with E-state index in [0.717, 1.165) is 31.5 Å². The van der Waals surface area contributed by atoms with Crippen LogP contribution in [0.25, 0.3) is 0 Å². The Morgan fingerprint density at radius 2 is 1.89 bits per heavy atom. The Labute approximate surface area is 108 Å². The second kappa shape index (κ2) is 6.40. The van der Waals surface area contributed by atoms with E-state index in [1.54, 1.807) is 12.1 Å². The zero-order chi connectivity index (χ0) is 12.8. The molecule has 0 saturated carbocycles. The molecule has 1 aromatic rings. The third-order valence-electron chi connectivity index (χ3n) is 3.23. The second-order valence-corrected chi connectivity index (χ2v) is 4.58. The van der Waals surface area contributed by atoms with Crippen LogP contribution < -0.4 is 0 Å². The third kappa shape index (κ3) is 3.47. The van der Waals surface area contributed by atoms with E-state index < -0.39 is 0 Å². The number of hydrazine groups is 1. The molecule has 0 bridgehead atoms. The van der Waals surface area contributed by atoms with Crippen molar-refractivity contribution in [1.82, 2.24) is 10.0 Å². The molecule has 1 aliphatic heterocycles. The van der Waals surface area contributed by atoms with Crippen LogP contribution in [0, 0.1) is 0 Å². The first-order chi connectivity index (χ1) is 8.77. The topological polar surface area (TPSA) is 32.8 Å². The summed E-state index contributed by atoms with van der Waals surface area (Å²) in [6.07, 6.45) is 3.27. The summed E-state index contributed by atoms with van der Waals surface area (Å²) in [4.78, 5) is 11.9. The highest BCUT2D eigenvalue weighted by Gasteiger charge is 2.20. The highest BCUT2D eigenvalue weighted by molar-refractivity contribution is 5.66. The summed E-state index contributed by atoms with van der Waals surface area (Å²) in [5.74, 6) is 0. The first-order valence-electron chi connectivity index (χ1n) is 6.46. The van der Waals surface area contributed by atoms with Crippen LogP contribution in [0.3, 0.4) is 0 Å². The molecule has 4 heteroatoms. The number of carbonyl (C=O) groups is 1. The number of hydrogen-bond acceptors (Lipinski definition) is 3. The average Bonchev–Trinajstić information content (AvgIpc) is 2.46. The Hall–Kier alpha value is -1.55. The predicted octanol–water partition coefficient (Wildman–Crippen LogP) is 2.66. The summed E-state index contributed by atoms with van der Waals surface area (Å²) in [7, 11) is 1.78. The minimum Gasteiger partial charge on any atom is -0.444 e. The summed E-state index contributed by atoms with van der Waals surface area (Å²) < 4.78 is 5.29.